The number of aliphatic hydroxyl groups excluding tert-OH is 1. The van der Waals surface area contributed by atoms with E-state index in [1.807, 2.05) is 13.8 Å². The topological polar surface area (TPSA) is 171 Å². The van der Waals surface area contributed by atoms with Crippen LogP contribution in [-0.4, -0.2) is 70.4 Å². The minimum Gasteiger partial charge on any atom is -0.480 e. The summed E-state index contributed by atoms with van der Waals surface area (Å²) in [6.07, 6.45) is -0.843. The molecular formula is C15H28N4O6S. The standard InChI is InChI=1S/C15H28N4O6S/c1-7(2)4-9(15(24)25)19-13(22)10(6-26)18-11(21)5-17-14(23)12(16)8(3)20/h7-10,12,20,26H,4-6,16H2,1-3H3,(H,17,23)(H,18,21)(H,19,22)(H,24,25). The molecule has 4 unspecified atom stereocenters. The Morgan fingerprint density at radius 1 is 1.04 bits per heavy atom. The summed E-state index contributed by atoms with van der Waals surface area (Å²) >= 11 is 3.98. The first-order valence-electron chi connectivity index (χ1n) is 8.14. The summed E-state index contributed by atoms with van der Waals surface area (Å²) < 4.78 is 0. The van der Waals surface area contributed by atoms with Crippen molar-refractivity contribution < 1.29 is 29.4 Å². The van der Waals surface area contributed by atoms with E-state index in [0.717, 1.165) is 0 Å². The Labute approximate surface area is 157 Å². The van der Waals surface area contributed by atoms with Gasteiger partial charge in [-0.05, 0) is 19.3 Å². The van der Waals surface area contributed by atoms with Crippen LogP contribution in [0.1, 0.15) is 27.2 Å². The van der Waals surface area contributed by atoms with Gasteiger partial charge < -0.3 is 31.9 Å². The van der Waals surface area contributed by atoms with Crippen LogP contribution < -0.4 is 21.7 Å². The van der Waals surface area contributed by atoms with Gasteiger partial charge in [-0.2, -0.15) is 12.6 Å². The lowest BCUT2D eigenvalue weighted by molar-refractivity contribution is -0.142. The molecule has 0 heterocycles. The molecule has 0 aromatic carbocycles. The average Bonchev–Trinajstić information content (AvgIpc) is 2.55. The molecule has 3 amide bonds. The number of carboxylic acid groups (broad SMARTS) is 1. The number of thiol groups is 1. The van der Waals surface area contributed by atoms with E-state index in [0.29, 0.717) is 0 Å². The molecule has 0 aliphatic rings. The van der Waals surface area contributed by atoms with Gasteiger partial charge in [0.15, 0.2) is 0 Å². The monoisotopic (exact) mass is 392 g/mol. The molecular weight excluding hydrogens is 364 g/mol. The summed E-state index contributed by atoms with van der Waals surface area (Å²) in [7, 11) is 0. The molecule has 0 fully saturated rings. The number of hydrogen-bond donors (Lipinski definition) is 7. The fraction of sp³-hybridized carbons (Fsp3) is 0.733. The number of carbonyl (C=O) groups excluding carboxylic acids is 3. The van der Waals surface area contributed by atoms with E-state index < -0.39 is 54.5 Å². The summed E-state index contributed by atoms with van der Waals surface area (Å²) in [5.41, 5.74) is 5.42. The maximum Gasteiger partial charge on any atom is 0.326 e. The van der Waals surface area contributed by atoms with Gasteiger partial charge in [0.05, 0.1) is 12.6 Å². The molecule has 7 N–H and O–H groups in total. The lowest BCUT2D eigenvalue weighted by Crippen LogP contribution is -2.55. The molecule has 0 aliphatic heterocycles. The maximum atomic E-state index is 12.2. The van der Waals surface area contributed by atoms with Gasteiger partial charge in [-0.25, -0.2) is 4.79 Å². The summed E-state index contributed by atoms with van der Waals surface area (Å²) in [6, 6.07) is -3.33. The normalized spacial score (nSPS) is 15.5. The fourth-order valence-electron chi connectivity index (χ4n) is 1.91. The number of hydrogen-bond acceptors (Lipinski definition) is 7. The van der Waals surface area contributed by atoms with Gasteiger partial charge in [-0.1, -0.05) is 13.8 Å². The molecule has 0 saturated carbocycles. The predicted molar refractivity (Wildman–Crippen MR) is 97.5 cm³/mol. The van der Waals surface area contributed by atoms with Gasteiger partial charge in [0.1, 0.15) is 18.1 Å². The molecule has 0 radical (unpaired) electrons. The zero-order chi connectivity index (χ0) is 20.4. The zero-order valence-corrected chi connectivity index (χ0v) is 16.0. The van der Waals surface area contributed by atoms with E-state index in [1.165, 1.54) is 6.92 Å². The molecule has 4 atom stereocenters. The summed E-state index contributed by atoms with van der Waals surface area (Å²) in [6.45, 7) is 4.52. The van der Waals surface area contributed by atoms with Crippen molar-refractivity contribution in [1.29, 1.82) is 0 Å². The highest BCUT2D eigenvalue weighted by Gasteiger charge is 2.26. The van der Waals surface area contributed by atoms with Gasteiger partial charge in [-0.3, -0.25) is 14.4 Å². The predicted octanol–water partition coefficient (Wildman–Crippen LogP) is -2.16. The Bertz CT molecular complexity index is 514. The highest BCUT2D eigenvalue weighted by molar-refractivity contribution is 7.80. The Hall–Kier alpha value is -1.85. The third-order valence-corrected chi connectivity index (χ3v) is 3.77. The van der Waals surface area contributed by atoms with Crippen molar-refractivity contribution in [2.45, 2.75) is 51.4 Å². The van der Waals surface area contributed by atoms with Gasteiger partial charge >= 0.3 is 5.97 Å². The van der Waals surface area contributed by atoms with Gasteiger partial charge in [-0.15, -0.1) is 0 Å². The van der Waals surface area contributed by atoms with Crippen LogP contribution in [0.3, 0.4) is 0 Å². The lowest BCUT2D eigenvalue weighted by atomic mass is 10.0. The number of carboxylic acids is 1. The number of amides is 3. The van der Waals surface area contributed by atoms with Crippen molar-refractivity contribution in [1.82, 2.24) is 16.0 Å². The van der Waals surface area contributed by atoms with Gasteiger partial charge in [0.2, 0.25) is 17.7 Å². The smallest absolute Gasteiger partial charge is 0.326 e. The van der Waals surface area contributed by atoms with Crippen molar-refractivity contribution in [3.63, 3.8) is 0 Å². The molecule has 0 bridgehead atoms. The first kappa shape index (κ1) is 24.1. The second-order valence-electron chi connectivity index (χ2n) is 6.32. The molecule has 0 aromatic heterocycles. The Morgan fingerprint density at radius 2 is 1.62 bits per heavy atom. The summed E-state index contributed by atoms with van der Waals surface area (Å²) in [5, 5.41) is 25.3. The second kappa shape index (κ2) is 11.7. The molecule has 0 spiro atoms. The van der Waals surface area contributed by atoms with Crippen LogP contribution in [0.15, 0.2) is 0 Å². The van der Waals surface area contributed by atoms with Crippen molar-refractivity contribution in [2.75, 3.05) is 12.3 Å². The van der Waals surface area contributed by atoms with Crippen LogP contribution in [0.2, 0.25) is 0 Å². The molecule has 11 heteroatoms. The Morgan fingerprint density at radius 3 is 2.04 bits per heavy atom. The van der Waals surface area contributed by atoms with Crippen LogP contribution in [-0.2, 0) is 19.2 Å². The van der Waals surface area contributed by atoms with Crippen LogP contribution in [0.25, 0.3) is 0 Å². The molecule has 0 saturated heterocycles. The van der Waals surface area contributed by atoms with Crippen molar-refractivity contribution in [3.8, 4) is 0 Å². The van der Waals surface area contributed by atoms with Crippen molar-refractivity contribution >= 4 is 36.3 Å². The van der Waals surface area contributed by atoms with E-state index in [2.05, 4.69) is 28.6 Å². The second-order valence-corrected chi connectivity index (χ2v) is 6.68. The largest absolute Gasteiger partial charge is 0.480 e. The van der Waals surface area contributed by atoms with Gasteiger partial charge in [0.25, 0.3) is 0 Å². The highest BCUT2D eigenvalue weighted by atomic mass is 32.1. The van der Waals surface area contributed by atoms with E-state index >= 15 is 0 Å². The number of aliphatic hydroxyl groups is 1. The summed E-state index contributed by atoms with van der Waals surface area (Å²) in [5.74, 6) is -3.27. The number of rotatable bonds is 11. The van der Waals surface area contributed by atoms with E-state index in [9.17, 15) is 24.3 Å². The van der Waals surface area contributed by atoms with Crippen LogP contribution in [0, 0.1) is 5.92 Å². The van der Waals surface area contributed by atoms with Crippen molar-refractivity contribution in [3.05, 3.63) is 0 Å². The third kappa shape index (κ3) is 9.02. The van der Waals surface area contributed by atoms with E-state index in [1.54, 1.807) is 0 Å². The molecule has 10 nitrogen and oxygen atoms in total. The quantitative estimate of drug-likeness (QED) is 0.196. The first-order valence-corrected chi connectivity index (χ1v) is 8.77. The lowest BCUT2D eigenvalue weighted by Gasteiger charge is -2.21. The number of carbonyl (C=O) groups is 4. The SMILES string of the molecule is CC(C)CC(NC(=O)C(CS)NC(=O)CNC(=O)C(N)C(C)O)C(=O)O. The minimum absolute atomic E-state index is 0.0498. The Balaban J connectivity index is 4.63. The van der Waals surface area contributed by atoms with Gasteiger partial charge in [0, 0.05) is 5.75 Å². The summed E-state index contributed by atoms with van der Waals surface area (Å²) in [4.78, 5) is 46.8. The van der Waals surface area contributed by atoms with Crippen LogP contribution in [0.4, 0.5) is 0 Å². The Kier molecular flexibility index (Phi) is 10.9. The number of nitrogens with two attached hydrogens (primary N) is 1. The number of aliphatic carboxylic acids is 1. The first-order chi connectivity index (χ1) is 12.0. The van der Waals surface area contributed by atoms with Crippen LogP contribution in [0.5, 0.6) is 0 Å². The van der Waals surface area contributed by atoms with Crippen molar-refractivity contribution in [2.24, 2.45) is 11.7 Å². The number of nitrogens with one attached hydrogen (secondary N) is 3. The van der Waals surface area contributed by atoms with E-state index in [4.69, 9.17) is 10.8 Å². The molecule has 26 heavy (non-hydrogen) atoms. The van der Waals surface area contributed by atoms with Crippen LogP contribution >= 0.6 is 12.6 Å². The minimum atomic E-state index is -1.18. The van der Waals surface area contributed by atoms with E-state index in [-0.39, 0.29) is 18.1 Å². The third-order valence-electron chi connectivity index (χ3n) is 3.40. The molecule has 0 aromatic rings. The average molecular weight is 392 g/mol. The molecule has 0 aliphatic carbocycles. The molecule has 0 rings (SSSR count). The molecule has 150 valence electrons. The maximum absolute atomic E-state index is 12.2. The fourth-order valence-corrected chi connectivity index (χ4v) is 2.17. The highest BCUT2D eigenvalue weighted by Crippen LogP contribution is 2.05. The zero-order valence-electron chi connectivity index (χ0n) is 15.1.